The van der Waals surface area contributed by atoms with Crippen molar-refractivity contribution in [1.29, 1.82) is 0 Å². The topological polar surface area (TPSA) is 89.7 Å². The molecule has 1 aromatic heterocycles. The molecular weight excluding hydrogens is 440 g/mol. The Balaban J connectivity index is 1.30. The number of fused-ring (bicyclic) bond motifs is 1. The van der Waals surface area contributed by atoms with Crippen molar-refractivity contribution in [3.8, 4) is 11.5 Å². The summed E-state index contributed by atoms with van der Waals surface area (Å²) < 4.78 is 38.7. The van der Waals surface area contributed by atoms with Crippen molar-refractivity contribution in [2.24, 2.45) is 0 Å². The smallest absolute Gasteiger partial charge is 0.338 e. The summed E-state index contributed by atoms with van der Waals surface area (Å²) in [6, 6.07) is 22.7. The first kappa shape index (κ1) is 21.0. The number of oxazole rings is 1. The first-order chi connectivity index (χ1) is 16.0. The third kappa shape index (κ3) is 4.12. The highest BCUT2D eigenvalue weighted by Gasteiger charge is 2.31. The number of aromatic nitrogens is 1. The van der Waals surface area contributed by atoms with Gasteiger partial charge in [-0.1, -0.05) is 42.5 Å². The highest BCUT2D eigenvalue weighted by atomic mass is 32.2. The molecule has 33 heavy (non-hydrogen) atoms. The van der Waals surface area contributed by atoms with Gasteiger partial charge >= 0.3 is 5.97 Å². The molecule has 0 aliphatic carbocycles. The zero-order valence-electron chi connectivity index (χ0n) is 17.5. The zero-order chi connectivity index (χ0) is 22.8. The number of carbonyl (C=O) groups is 1. The van der Waals surface area contributed by atoms with E-state index in [1.807, 2.05) is 48.5 Å². The Bertz CT molecular complexity index is 1410. The van der Waals surface area contributed by atoms with Gasteiger partial charge in [0.05, 0.1) is 16.1 Å². The van der Waals surface area contributed by atoms with E-state index in [-0.39, 0.29) is 17.1 Å². The Hall–Kier alpha value is -3.91. The van der Waals surface area contributed by atoms with Crippen molar-refractivity contribution >= 4 is 21.7 Å². The third-order valence-corrected chi connectivity index (χ3v) is 7.24. The largest absolute Gasteiger partial charge is 0.455 e. The van der Waals surface area contributed by atoms with Crippen LogP contribution in [0.4, 0.5) is 5.69 Å². The van der Waals surface area contributed by atoms with E-state index < -0.39 is 16.0 Å². The van der Waals surface area contributed by atoms with Crippen molar-refractivity contribution in [1.82, 2.24) is 4.98 Å². The van der Waals surface area contributed by atoms with Gasteiger partial charge in [0.1, 0.15) is 18.6 Å². The maximum absolute atomic E-state index is 13.2. The van der Waals surface area contributed by atoms with E-state index in [1.165, 1.54) is 34.8 Å². The lowest BCUT2D eigenvalue weighted by Crippen LogP contribution is -2.29. The number of ether oxygens (including phenoxy) is 1. The second kappa shape index (κ2) is 8.55. The number of sulfonamides is 1. The Morgan fingerprint density at radius 2 is 1.79 bits per heavy atom. The van der Waals surface area contributed by atoms with E-state index in [1.54, 1.807) is 6.07 Å². The molecule has 0 unspecified atom stereocenters. The minimum absolute atomic E-state index is 0.0430. The molecule has 1 aliphatic heterocycles. The van der Waals surface area contributed by atoms with Crippen LogP contribution in [0.1, 0.15) is 21.6 Å². The van der Waals surface area contributed by atoms with Gasteiger partial charge in [-0.2, -0.15) is 0 Å². The number of hydrogen-bond donors (Lipinski definition) is 0. The molecule has 0 radical (unpaired) electrons. The molecule has 8 heteroatoms. The van der Waals surface area contributed by atoms with Crippen molar-refractivity contribution in [3.63, 3.8) is 0 Å². The first-order valence-electron chi connectivity index (χ1n) is 10.4. The quantitative estimate of drug-likeness (QED) is 0.395. The summed E-state index contributed by atoms with van der Waals surface area (Å²) in [6.45, 7) is 0.276. The minimum atomic E-state index is -3.80. The number of esters is 1. The van der Waals surface area contributed by atoms with Gasteiger partial charge in [-0.05, 0) is 48.4 Å². The second-order valence-corrected chi connectivity index (χ2v) is 9.43. The van der Waals surface area contributed by atoms with E-state index in [2.05, 4.69) is 4.98 Å². The monoisotopic (exact) mass is 460 g/mol. The molecular formula is C25H20N2O5S. The molecule has 2 heterocycles. The number of nitrogens with zero attached hydrogens (tertiary/aromatic N) is 2. The summed E-state index contributed by atoms with van der Waals surface area (Å²) in [5.74, 6) is -0.209. The molecule has 0 spiro atoms. The Kier molecular flexibility index (Phi) is 5.43. The van der Waals surface area contributed by atoms with E-state index in [0.29, 0.717) is 30.2 Å². The van der Waals surface area contributed by atoms with Crippen LogP contribution in [0.25, 0.3) is 11.5 Å². The first-order valence-corrected chi connectivity index (χ1v) is 11.8. The molecule has 1 aliphatic rings. The van der Waals surface area contributed by atoms with Crippen LogP contribution in [0.3, 0.4) is 0 Å². The standard InChI is InChI=1S/C25H20N2O5S/c28-25(32-17-21-16-31-24(26-21)19-8-2-1-3-9-19)20-10-6-11-22(15-20)33(29,30)27-14-13-18-7-4-5-12-23(18)27/h1-12,15-16H,13-14,17H2. The number of hydrogen-bond acceptors (Lipinski definition) is 6. The lowest BCUT2D eigenvalue weighted by molar-refractivity contribution is 0.0467. The van der Waals surface area contributed by atoms with Crippen molar-refractivity contribution in [2.45, 2.75) is 17.9 Å². The van der Waals surface area contributed by atoms with E-state index in [4.69, 9.17) is 9.15 Å². The highest BCUT2D eigenvalue weighted by Crippen LogP contribution is 2.32. The van der Waals surface area contributed by atoms with Gasteiger partial charge in [0.15, 0.2) is 0 Å². The van der Waals surface area contributed by atoms with Crippen molar-refractivity contribution in [2.75, 3.05) is 10.8 Å². The number of para-hydroxylation sites is 1. The van der Waals surface area contributed by atoms with Gasteiger partial charge < -0.3 is 9.15 Å². The lowest BCUT2D eigenvalue weighted by atomic mass is 10.2. The molecule has 7 nitrogen and oxygen atoms in total. The molecule has 3 aromatic carbocycles. The molecule has 0 amide bonds. The summed E-state index contributed by atoms with van der Waals surface area (Å²) in [5, 5.41) is 0. The van der Waals surface area contributed by atoms with Gasteiger partial charge in [0.25, 0.3) is 10.0 Å². The van der Waals surface area contributed by atoms with Crippen LogP contribution in [0.5, 0.6) is 0 Å². The van der Waals surface area contributed by atoms with Gasteiger partial charge in [-0.3, -0.25) is 4.31 Å². The van der Waals surface area contributed by atoms with Gasteiger partial charge in [-0.25, -0.2) is 18.2 Å². The number of rotatable bonds is 6. The van der Waals surface area contributed by atoms with Crippen LogP contribution < -0.4 is 4.31 Å². The lowest BCUT2D eigenvalue weighted by Gasteiger charge is -2.19. The number of anilines is 1. The van der Waals surface area contributed by atoms with Crippen LogP contribution in [0.2, 0.25) is 0 Å². The zero-order valence-corrected chi connectivity index (χ0v) is 18.4. The third-order valence-electron chi connectivity index (χ3n) is 5.43. The van der Waals surface area contributed by atoms with E-state index in [0.717, 1.165) is 11.1 Å². The van der Waals surface area contributed by atoms with Crippen molar-refractivity contribution < 1.29 is 22.4 Å². The van der Waals surface area contributed by atoms with Crippen LogP contribution in [-0.4, -0.2) is 25.9 Å². The summed E-state index contributed by atoms with van der Waals surface area (Å²) >= 11 is 0. The second-order valence-electron chi connectivity index (χ2n) is 7.57. The fourth-order valence-corrected chi connectivity index (χ4v) is 5.33. The average molecular weight is 461 g/mol. The highest BCUT2D eigenvalue weighted by molar-refractivity contribution is 7.92. The predicted molar refractivity (Wildman–Crippen MR) is 122 cm³/mol. The van der Waals surface area contributed by atoms with E-state index >= 15 is 0 Å². The normalized spacial score (nSPS) is 13.0. The molecule has 0 saturated heterocycles. The molecule has 0 fully saturated rings. The van der Waals surface area contributed by atoms with Crippen LogP contribution in [-0.2, 0) is 27.8 Å². The van der Waals surface area contributed by atoms with Gasteiger partial charge in [-0.15, -0.1) is 0 Å². The molecule has 166 valence electrons. The molecule has 0 N–H and O–H groups in total. The number of carbonyl (C=O) groups excluding carboxylic acids is 1. The summed E-state index contributed by atoms with van der Waals surface area (Å²) in [4.78, 5) is 17.0. The number of benzene rings is 3. The van der Waals surface area contributed by atoms with Gasteiger partial charge in [0.2, 0.25) is 5.89 Å². The summed E-state index contributed by atoms with van der Waals surface area (Å²) in [7, 11) is -3.80. The van der Waals surface area contributed by atoms with Crippen LogP contribution in [0.15, 0.2) is 94.4 Å². The maximum atomic E-state index is 13.2. The maximum Gasteiger partial charge on any atom is 0.338 e. The fraction of sp³-hybridized carbons (Fsp3) is 0.120. The molecule has 4 aromatic rings. The molecule has 0 bridgehead atoms. The predicted octanol–water partition coefficient (Wildman–Crippen LogP) is 4.45. The Morgan fingerprint density at radius 1 is 1.00 bits per heavy atom. The summed E-state index contributed by atoms with van der Waals surface area (Å²) in [5.41, 5.74) is 3.08. The van der Waals surface area contributed by atoms with Crippen LogP contribution in [0, 0.1) is 0 Å². The Morgan fingerprint density at radius 3 is 2.64 bits per heavy atom. The van der Waals surface area contributed by atoms with Crippen LogP contribution >= 0.6 is 0 Å². The minimum Gasteiger partial charge on any atom is -0.455 e. The molecule has 0 saturated carbocycles. The fourth-order valence-electron chi connectivity index (χ4n) is 3.78. The van der Waals surface area contributed by atoms with E-state index in [9.17, 15) is 13.2 Å². The average Bonchev–Trinajstić information content (AvgIpc) is 3.51. The molecule has 0 atom stereocenters. The van der Waals surface area contributed by atoms with Crippen molar-refractivity contribution in [3.05, 3.63) is 102 Å². The molecule has 5 rings (SSSR count). The SMILES string of the molecule is O=C(OCc1coc(-c2ccccc2)n1)c1cccc(S(=O)(=O)N2CCc3ccccc32)c1. The summed E-state index contributed by atoms with van der Waals surface area (Å²) in [6.07, 6.45) is 2.08. The van der Waals surface area contributed by atoms with Gasteiger partial charge in [0, 0.05) is 12.1 Å². The Labute approximate surface area is 191 Å².